The molecule has 0 unspecified atom stereocenters. The van der Waals surface area contributed by atoms with Crippen LogP contribution in [0.5, 0.6) is 0 Å². The van der Waals surface area contributed by atoms with Crippen molar-refractivity contribution in [3.8, 4) is 0 Å². The fourth-order valence-electron chi connectivity index (χ4n) is 6.10. The molecule has 0 bridgehead atoms. The highest BCUT2D eigenvalue weighted by atomic mass is 16.2. The Labute approximate surface area is 278 Å². The first-order chi connectivity index (χ1) is 22.6. The van der Waals surface area contributed by atoms with E-state index in [4.69, 9.17) is 0 Å². The summed E-state index contributed by atoms with van der Waals surface area (Å²) in [5.41, 5.74) is 9.24. The van der Waals surface area contributed by atoms with Gasteiger partial charge in [0.2, 0.25) is 0 Å². The molecule has 1 fully saturated rings. The van der Waals surface area contributed by atoms with Crippen molar-refractivity contribution in [2.24, 2.45) is 5.41 Å². The number of hydrogen-bond acceptors (Lipinski definition) is 2. The fraction of sp³-hybridized carbons (Fsp3) is 0.163. The molecule has 0 aliphatic carbocycles. The second-order valence-corrected chi connectivity index (χ2v) is 12.6. The lowest BCUT2D eigenvalue weighted by molar-refractivity contribution is -0.145. The highest BCUT2D eigenvalue weighted by Gasteiger charge is 2.55. The Morgan fingerprint density at radius 2 is 0.851 bits per heavy atom. The summed E-state index contributed by atoms with van der Waals surface area (Å²) in [7, 11) is 1.70. The summed E-state index contributed by atoms with van der Waals surface area (Å²) in [6.45, 7) is 8.50. The van der Waals surface area contributed by atoms with Gasteiger partial charge in [-0.05, 0) is 78.8 Å². The van der Waals surface area contributed by atoms with E-state index in [1.54, 1.807) is 12.1 Å². The van der Waals surface area contributed by atoms with Gasteiger partial charge in [0.05, 0.1) is 6.54 Å². The summed E-state index contributed by atoms with van der Waals surface area (Å²) < 4.78 is 0. The summed E-state index contributed by atoms with van der Waals surface area (Å²) in [5.74, 6) is -0.589. The second kappa shape index (κ2) is 13.1. The monoisotopic (exact) mass is 616 g/mol. The van der Waals surface area contributed by atoms with Gasteiger partial charge < -0.3 is 0 Å². The largest absolute Gasteiger partial charge is 0.271 e. The van der Waals surface area contributed by atoms with E-state index in [1.807, 2.05) is 42.5 Å². The predicted octanol–water partition coefficient (Wildman–Crippen LogP) is 8.89. The molecule has 0 saturated carbocycles. The van der Waals surface area contributed by atoms with Crippen molar-refractivity contribution >= 4 is 23.0 Å². The number of hydrogen-bond donors (Lipinski definition) is 0. The average molecular weight is 617 g/mol. The van der Waals surface area contributed by atoms with E-state index in [0.29, 0.717) is 0 Å². The molecular weight excluding hydrogens is 576 g/mol. The molecular formula is C43H40N2O2. The van der Waals surface area contributed by atoms with Crippen LogP contribution in [0.25, 0.3) is 11.1 Å². The Hall–Kier alpha value is -5.48. The Kier molecular flexibility index (Phi) is 8.78. The van der Waals surface area contributed by atoms with Crippen LogP contribution >= 0.6 is 0 Å². The summed E-state index contributed by atoms with van der Waals surface area (Å²) >= 11 is 0. The van der Waals surface area contributed by atoms with Gasteiger partial charge in [-0.3, -0.25) is 14.6 Å². The molecule has 0 spiro atoms. The third-order valence-corrected chi connectivity index (χ3v) is 8.97. The first-order valence-electron chi connectivity index (χ1n) is 16.0. The van der Waals surface area contributed by atoms with Crippen molar-refractivity contribution in [1.29, 1.82) is 0 Å². The van der Waals surface area contributed by atoms with Gasteiger partial charge in [0.15, 0.2) is 5.41 Å². The van der Waals surface area contributed by atoms with E-state index in [2.05, 4.69) is 125 Å². The van der Waals surface area contributed by atoms with Gasteiger partial charge in [-0.1, -0.05) is 150 Å². The molecule has 1 saturated heterocycles. The summed E-state index contributed by atoms with van der Waals surface area (Å²) in [6.07, 6.45) is 3.80. The minimum atomic E-state index is -1.63. The molecule has 5 aromatic carbocycles. The molecule has 0 radical (unpaired) electrons. The van der Waals surface area contributed by atoms with Gasteiger partial charge in [0.1, 0.15) is 0 Å². The molecule has 234 valence electrons. The molecule has 6 rings (SSSR count). The zero-order chi connectivity index (χ0) is 33.1. The smallest absolute Gasteiger partial charge is 0.265 e. The van der Waals surface area contributed by atoms with E-state index < -0.39 is 5.41 Å². The van der Waals surface area contributed by atoms with Crippen LogP contribution < -0.4 is 0 Å². The van der Waals surface area contributed by atoms with Crippen molar-refractivity contribution in [1.82, 2.24) is 10.0 Å². The van der Waals surface area contributed by atoms with Crippen LogP contribution in [-0.4, -0.2) is 28.9 Å². The van der Waals surface area contributed by atoms with Crippen molar-refractivity contribution in [3.05, 3.63) is 190 Å². The molecule has 47 heavy (non-hydrogen) atoms. The maximum atomic E-state index is 15.0. The molecule has 0 aromatic heterocycles. The molecule has 5 aromatic rings. The average Bonchev–Trinajstić information content (AvgIpc) is 3.25. The Bertz CT molecular complexity index is 1750. The van der Waals surface area contributed by atoms with Crippen LogP contribution in [0.15, 0.2) is 140 Å². The SMILES string of the molecule is Cc1ccc(C(=CC2(C=C(c3ccc(C)cc3)c3ccc(C)cc3)C(=O)N(C)N(Cc3ccccc3)C2=O)c2ccc(C)cc2)cc1. The standard InChI is InChI=1S/C43H40N2O2/c1-30-11-19-35(20-12-30)39(36-21-13-31(2)14-22-36)27-43(41(46)44(5)45(42(43)47)29-34-9-7-6-8-10-34)28-40(37-23-15-32(3)16-24-37)38-25-17-33(4)18-26-38/h6-28H,29H2,1-5H3. The number of hydrazine groups is 1. The van der Waals surface area contributed by atoms with E-state index in [9.17, 15) is 4.79 Å². The van der Waals surface area contributed by atoms with E-state index >= 15 is 4.79 Å². The zero-order valence-corrected chi connectivity index (χ0v) is 27.7. The Morgan fingerprint density at radius 3 is 1.19 bits per heavy atom. The molecule has 1 heterocycles. The Morgan fingerprint density at radius 1 is 0.511 bits per heavy atom. The van der Waals surface area contributed by atoms with Crippen LogP contribution in [0.3, 0.4) is 0 Å². The molecule has 4 nitrogen and oxygen atoms in total. The van der Waals surface area contributed by atoms with Crippen LogP contribution in [0.2, 0.25) is 0 Å². The number of carbonyl (C=O) groups excluding carboxylic acids is 2. The highest BCUT2D eigenvalue weighted by Crippen LogP contribution is 2.42. The summed E-state index contributed by atoms with van der Waals surface area (Å²) in [4.78, 5) is 29.9. The quantitative estimate of drug-likeness (QED) is 0.163. The van der Waals surface area contributed by atoms with Gasteiger partial charge in [0, 0.05) is 7.05 Å². The molecule has 0 atom stereocenters. The molecule has 2 amide bonds. The van der Waals surface area contributed by atoms with Crippen molar-refractivity contribution in [3.63, 3.8) is 0 Å². The molecule has 4 heteroatoms. The van der Waals surface area contributed by atoms with E-state index in [-0.39, 0.29) is 18.4 Å². The second-order valence-electron chi connectivity index (χ2n) is 12.6. The lowest BCUT2D eigenvalue weighted by Crippen LogP contribution is -2.37. The highest BCUT2D eigenvalue weighted by molar-refractivity contribution is 6.16. The van der Waals surface area contributed by atoms with Crippen LogP contribution in [-0.2, 0) is 16.1 Å². The zero-order valence-electron chi connectivity index (χ0n) is 27.7. The number of rotatable bonds is 8. The lowest BCUT2D eigenvalue weighted by atomic mass is 9.78. The van der Waals surface area contributed by atoms with E-state index in [1.165, 1.54) is 5.01 Å². The van der Waals surface area contributed by atoms with Gasteiger partial charge in [-0.15, -0.1) is 0 Å². The minimum Gasteiger partial charge on any atom is -0.271 e. The first kappa shape index (κ1) is 31.5. The summed E-state index contributed by atoms with van der Waals surface area (Å²) in [6, 6.07) is 42.8. The maximum absolute atomic E-state index is 15.0. The van der Waals surface area contributed by atoms with Crippen LogP contribution in [0, 0.1) is 33.1 Å². The third kappa shape index (κ3) is 6.45. The van der Waals surface area contributed by atoms with Gasteiger partial charge >= 0.3 is 0 Å². The van der Waals surface area contributed by atoms with Gasteiger partial charge in [0.25, 0.3) is 11.8 Å². The number of amides is 2. The fourth-order valence-corrected chi connectivity index (χ4v) is 6.10. The van der Waals surface area contributed by atoms with Gasteiger partial charge in [-0.2, -0.15) is 0 Å². The van der Waals surface area contributed by atoms with Crippen molar-refractivity contribution in [2.45, 2.75) is 34.2 Å². The minimum absolute atomic E-state index is 0.278. The number of aryl methyl sites for hydroxylation is 4. The normalized spacial score (nSPS) is 13.9. The van der Waals surface area contributed by atoms with Crippen LogP contribution in [0.1, 0.15) is 50.1 Å². The van der Waals surface area contributed by atoms with Crippen molar-refractivity contribution in [2.75, 3.05) is 7.05 Å². The van der Waals surface area contributed by atoms with E-state index in [0.717, 1.165) is 61.2 Å². The number of benzene rings is 5. The maximum Gasteiger partial charge on any atom is 0.265 e. The predicted molar refractivity (Wildman–Crippen MR) is 191 cm³/mol. The molecule has 1 aliphatic rings. The van der Waals surface area contributed by atoms with Crippen molar-refractivity contribution < 1.29 is 9.59 Å². The topological polar surface area (TPSA) is 40.6 Å². The van der Waals surface area contributed by atoms with Gasteiger partial charge in [-0.25, -0.2) is 5.01 Å². The lowest BCUT2D eigenvalue weighted by Gasteiger charge is -2.24. The summed E-state index contributed by atoms with van der Waals surface area (Å²) in [5, 5.41) is 3.07. The number of carbonyl (C=O) groups is 2. The molecule has 1 aliphatic heterocycles. The van der Waals surface area contributed by atoms with Crippen LogP contribution in [0.4, 0.5) is 0 Å². The molecule has 0 N–H and O–H groups in total. The third-order valence-electron chi connectivity index (χ3n) is 8.97. The Balaban J connectivity index is 1.65. The first-order valence-corrected chi connectivity index (χ1v) is 16.0. The number of nitrogens with zero attached hydrogens (tertiary/aromatic N) is 2.